The number of aliphatic hydroxyl groups excluding tert-OH is 1. The Morgan fingerprint density at radius 1 is 0.280 bits per heavy atom. The Bertz CT molecular complexity index is 1960. The lowest BCUT2D eigenvalue weighted by Crippen LogP contribution is -2.30. The SMILES string of the molecule is CCC(C)CCCCCCCCCCCCCCCCCCCCC(=O)O[C@H](COC(=O)CCCCCCCCCCCCCCCCCCC(C)C)COP(=O)(O)OC[C@@H](O)COP(=O)(O)OC[C@@H](COC(=O)CCCCCCCCC(C)C)OC(=O)CCCCCCCCC(C)CC. The number of aliphatic hydroxyl groups is 1. The first-order chi connectivity index (χ1) is 48.2. The largest absolute Gasteiger partial charge is 0.472 e. The third-order valence-corrected chi connectivity index (χ3v) is 21.4. The first-order valence-electron chi connectivity index (χ1n) is 41.8. The predicted octanol–water partition coefficient (Wildman–Crippen LogP) is 24.0. The second kappa shape index (κ2) is 70.1. The minimum atomic E-state index is -4.96. The van der Waals surface area contributed by atoms with Crippen LogP contribution in [0.4, 0.5) is 0 Å². The van der Waals surface area contributed by atoms with Gasteiger partial charge in [-0.2, -0.15) is 0 Å². The summed E-state index contributed by atoms with van der Waals surface area (Å²) in [4.78, 5) is 72.9. The molecule has 0 aromatic heterocycles. The van der Waals surface area contributed by atoms with Gasteiger partial charge in [0.15, 0.2) is 12.2 Å². The molecule has 0 fully saturated rings. The van der Waals surface area contributed by atoms with Gasteiger partial charge in [-0.15, -0.1) is 0 Å². The minimum Gasteiger partial charge on any atom is -0.462 e. The average molecular weight is 1470 g/mol. The highest BCUT2D eigenvalue weighted by molar-refractivity contribution is 7.47. The summed E-state index contributed by atoms with van der Waals surface area (Å²) >= 11 is 0. The molecule has 19 heteroatoms. The van der Waals surface area contributed by atoms with Crippen molar-refractivity contribution in [2.24, 2.45) is 23.7 Å². The zero-order chi connectivity index (χ0) is 73.8. The van der Waals surface area contributed by atoms with Gasteiger partial charge in [-0.1, -0.05) is 364 Å². The van der Waals surface area contributed by atoms with Gasteiger partial charge >= 0.3 is 39.5 Å². The maximum atomic E-state index is 13.1. The number of hydrogen-bond donors (Lipinski definition) is 3. The summed E-state index contributed by atoms with van der Waals surface area (Å²) in [6, 6.07) is 0. The summed E-state index contributed by atoms with van der Waals surface area (Å²) in [5, 5.41) is 10.6. The molecule has 0 amide bonds. The molecular weight excluding hydrogens is 1310 g/mol. The van der Waals surface area contributed by atoms with E-state index >= 15 is 0 Å². The molecule has 0 aromatic carbocycles. The predicted molar refractivity (Wildman–Crippen MR) is 409 cm³/mol. The van der Waals surface area contributed by atoms with Crippen molar-refractivity contribution in [3.05, 3.63) is 0 Å². The smallest absolute Gasteiger partial charge is 0.462 e. The molecule has 0 saturated heterocycles. The van der Waals surface area contributed by atoms with Gasteiger partial charge in [0.2, 0.25) is 0 Å². The van der Waals surface area contributed by atoms with Crippen LogP contribution in [0.3, 0.4) is 0 Å². The molecule has 17 nitrogen and oxygen atoms in total. The Balaban J connectivity index is 5.18. The number of carbonyl (C=O) groups is 4. The van der Waals surface area contributed by atoms with E-state index in [0.29, 0.717) is 31.6 Å². The minimum absolute atomic E-state index is 0.102. The normalized spacial score (nSPS) is 14.6. The first-order valence-corrected chi connectivity index (χ1v) is 44.8. The first kappa shape index (κ1) is 98.1. The Morgan fingerprint density at radius 2 is 0.480 bits per heavy atom. The number of carbonyl (C=O) groups excluding carboxylic acids is 4. The van der Waals surface area contributed by atoms with Gasteiger partial charge in [0.05, 0.1) is 26.4 Å². The Morgan fingerprint density at radius 3 is 0.710 bits per heavy atom. The van der Waals surface area contributed by atoms with Crippen molar-refractivity contribution < 1.29 is 80.2 Å². The van der Waals surface area contributed by atoms with E-state index < -0.39 is 97.5 Å². The van der Waals surface area contributed by atoms with Crippen LogP contribution < -0.4 is 0 Å². The highest BCUT2D eigenvalue weighted by Crippen LogP contribution is 2.45. The number of hydrogen-bond acceptors (Lipinski definition) is 15. The second-order valence-electron chi connectivity index (χ2n) is 30.6. The van der Waals surface area contributed by atoms with Crippen LogP contribution >= 0.6 is 15.6 Å². The van der Waals surface area contributed by atoms with Crippen molar-refractivity contribution >= 4 is 39.5 Å². The topological polar surface area (TPSA) is 237 Å². The highest BCUT2D eigenvalue weighted by Gasteiger charge is 2.30. The standard InChI is InChI=1S/C81H158O17P2/c1-9-73(7)59-51-43-34-30-26-22-18-13-11-12-14-20-24-28-32-36-47-55-63-80(85)97-76(67-91-78(83)61-53-45-35-31-27-23-19-16-15-17-21-25-29-33-41-49-57-71(3)4)69-95-99(87,88)93-65-75(82)66-94-100(89,90)96-70-77(68-92-79(84)62-54-46-39-37-42-50-58-72(5)6)98-81(86)64-56-48-40-38-44-52-60-74(8)10-2/h71-77,82H,9-70H2,1-8H3,(H,87,88)(H,89,90)/t73?,74?,75-,76-,77-/m1/s1. The number of unbranched alkanes of at least 4 members (excludes halogenated alkanes) is 42. The van der Waals surface area contributed by atoms with E-state index in [9.17, 15) is 43.2 Å². The number of ether oxygens (including phenoxy) is 4. The molecule has 0 aromatic rings. The second-order valence-corrected chi connectivity index (χ2v) is 33.5. The average Bonchev–Trinajstić information content (AvgIpc) is 0.926. The molecular formula is C81H158O17P2. The van der Waals surface area contributed by atoms with Crippen LogP contribution in [0.25, 0.3) is 0 Å². The summed E-state index contributed by atoms with van der Waals surface area (Å²) in [6.07, 6.45) is 57.3. The lowest BCUT2D eigenvalue weighted by molar-refractivity contribution is -0.161. The van der Waals surface area contributed by atoms with E-state index in [4.69, 9.17) is 37.0 Å². The van der Waals surface area contributed by atoms with E-state index in [2.05, 4.69) is 55.4 Å². The molecule has 0 heterocycles. The van der Waals surface area contributed by atoms with Gasteiger partial charge in [0.25, 0.3) is 0 Å². The zero-order valence-electron chi connectivity index (χ0n) is 65.8. The number of esters is 4. The van der Waals surface area contributed by atoms with Crippen LogP contribution in [0.2, 0.25) is 0 Å². The van der Waals surface area contributed by atoms with Crippen molar-refractivity contribution in [3.8, 4) is 0 Å². The number of phosphoric acid groups is 2. The zero-order valence-corrected chi connectivity index (χ0v) is 67.6. The van der Waals surface area contributed by atoms with E-state index in [1.807, 2.05) is 0 Å². The molecule has 594 valence electrons. The Hall–Kier alpha value is -1.94. The van der Waals surface area contributed by atoms with Crippen molar-refractivity contribution in [2.75, 3.05) is 39.6 Å². The molecule has 0 radical (unpaired) electrons. The third kappa shape index (κ3) is 71.7. The fourth-order valence-electron chi connectivity index (χ4n) is 12.4. The van der Waals surface area contributed by atoms with Crippen LogP contribution in [0.15, 0.2) is 0 Å². The lowest BCUT2D eigenvalue weighted by atomic mass is 9.99. The van der Waals surface area contributed by atoms with Crippen LogP contribution in [-0.2, 0) is 65.4 Å². The molecule has 0 aliphatic carbocycles. The van der Waals surface area contributed by atoms with Gasteiger partial charge in [-0.05, 0) is 49.4 Å². The Kier molecular flexibility index (Phi) is 68.7. The third-order valence-electron chi connectivity index (χ3n) is 19.5. The lowest BCUT2D eigenvalue weighted by Gasteiger charge is -2.21. The van der Waals surface area contributed by atoms with Crippen molar-refractivity contribution in [3.63, 3.8) is 0 Å². The maximum absolute atomic E-state index is 13.1. The van der Waals surface area contributed by atoms with E-state index in [1.54, 1.807) is 0 Å². The molecule has 0 rings (SSSR count). The molecule has 100 heavy (non-hydrogen) atoms. The maximum Gasteiger partial charge on any atom is 0.472 e. The summed E-state index contributed by atoms with van der Waals surface area (Å²) in [6.45, 7) is 14.2. The van der Waals surface area contributed by atoms with Crippen molar-refractivity contribution in [1.29, 1.82) is 0 Å². The summed E-state index contributed by atoms with van der Waals surface area (Å²) in [5.41, 5.74) is 0. The van der Waals surface area contributed by atoms with Crippen LogP contribution in [0.5, 0.6) is 0 Å². The molecule has 0 bridgehead atoms. The van der Waals surface area contributed by atoms with Crippen molar-refractivity contribution in [1.82, 2.24) is 0 Å². The summed E-state index contributed by atoms with van der Waals surface area (Å²) in [7, 11) is -9.92. The molecule has 0 aliphatic rings. The van der Waals surface area contributed by atoms with Gasteiger partial charge in [-0.3, -0.25) is 37.3 Å². The van der Waals surface area contributed by atoms with Gasteiger partial charge < -0.3 is 33.8 Å². The van der Waals surface area contributed by atoms with E-state index in [-0.39, 0.29) is 25.7 Å². The molecule has 0 saturated carbocycles. The van der Waals surface area contributed by atoms with Crippen LogP contribution in [0, 0.1) is 23.7 Å². The van der Waals surface area contributed by atoms with Gasteiger partial charge in [0, 0.05) is 25.7 Å². The summed E-state index contributed by atoms with van der Waals surface area (Å²) < 4.78 is 68.6. The fourth-order valence-corrected chi connectivity index (χ4v) is 13.9. The molecule has 0 aliphatic heterocycles. The fraction of sp³-hybridized carbons (Fsp3) is 0.951. The Labute approximate surface area is 613 Å². The van der Waals surface area contributed by atoms with Gasteiger partial charge in [0.1, 0.15) is 19.3 Å². The molecule has 3 N–H and O–H groups in total. The monoisotopic (exact) mass is 1470 g/mol. The van der Waals surface area contributed by atoms with Crippen LogP contribution in [-0.4, -0.2) is 96.7 Å². The van der Waals surface area contributed by atoms with E-state index in [1.165, 1.54) is 212 Å². The molecule has 4 unspecified atom stereocenters. The van der Waals surface area contributed by atoms with E-state index in [0.717, 1.165) is 114 Å². The molecule has 0 spiro atoms. The quantitative estimate of drug-likeness (QED) is 0.0222. The van der Waals surface area contributed by atoms with Gasteiger partial charge in [-0.25, -0.2) is 9.13 Å². The summed E-state index contributed by atoms with van der Waals surface area (Å²) in [5.74, 6) is 0.962. The highest BCUT2D eigenvalue weighted by atomic mass is 31.2. The van der Waals surface area contributed by atoms with Crippen molar-refractivity contribution in [2.45, 2.75) is 433 Å². The number of phosphoric ester groups is 2. The molecule has 7 atom stereocenters. The van der Waals surface area contributed by atoms with Crippen LogP contribution in [0.1, 0.15) is 415 Å². The number of rotatable bonds is 78.